The third kappa shape index (κ3) is 4.97. The van der Waals surface area contributed by atoms with Crippen LogP contribution in [0, 0.1) is 5.82 Å². The number of aryl methyl sites for hydroxylation is 1. The van der Waals surface area contributed by atoms with E-state index in [0.29, 0.717) is 12.0 Å². The number of hydrogen-bond donors (Lipinski definition) is 1. The number of nitrogens with zero attached hydrogens (tertiary/aromatic N) is 2. The van der Waals surface area contributed by atoms with E-state index in [1.165, 1.54) is 24.3 Å². The molecule has 0 aliphatic rings. The van der Waals surface area contributed by atoms with E-state index < -0.39 is 0 Å². The van der Waals surface area contributed by atoms with Crippen molar-refractivity contribution in [1.29, 1.82) is 0 Å². The van der Waals surface area contributed by atoms with E-state index in [1.54, 1.807) is 11.8 Å². The van der Waals surface area contributed by atoms with Crippen molar-refractivity contribution < 1.29 is 9.18 Å². The maximum Gasteiger partial charge on any atom is 0.208 e. The highest BCUT2D eigenvalue weighted by Crippen LogP contribution is 2.16. The lowest BCUT2D eigenvalue weighted by atomic mass is 10.1. The third-order valence-corrected chi connectivity index (χ3v) is 3.88. The molecule has 1 N–H and O–H groups in total. The average molecular weight is 307 g/mol. The van der Waals surface area contributed by atoms with Crippen LogP contribution in [0.25, 0.3) is 0 Å². The van der Waals surface area contributed by atoms with Gasteiger partial charge in [0.25, 0.3) is 0 Å². The van der Waals surface area contributed by atoms with E-state index in [2.05, 4.69) is 22.1 Å². The minimum atomic E-state index is -0.324. The van der Waals surface area contributed by atoms with E-state index in [0.717, 1.165) is 36.0 Å². The summed E-state index contributed by atoms with van der Waals surface area (Å²) in [6.45, 7) is 2.09. The van der Waals surface area contributed by atoms with Crippen LogP contribution in [0.3, 0.4) is 0 Å². The molecular formula is C15H18FN3OS. The van der Waals surface area contributed by atoms with Crippen LogP contribution in [0.1, 0.15) is 42.4 Å². The molecule has 2 aromatic rings. The number of benzene rings is 1. The molecule has 0 saturated carbocycles. The van der Waals surface area contributed by atoms with Crippen molar-refractivity contribution in [2.45, 2.75) is 37.8 Å². The van der Waals surface area contributed by atoms with Crippen LogP contribution in [0.2, 0.25) is 0 Å². The molecule has 0 radical (unpaired) electrons. The molecule has 0 unspecified atom stereocenters. The van der Waals surface area contributed by atoms with E-state index in [4.69, 9.17) is 0 Å². The lowest BCUT2D eigenvalue weighted by Gasteiger charge is -2.00. The Morgan fingerprint density at radius 2 is 2.10 bits per heavy atom. The summed E-state index contributed by atoms with van der Waals surface area (Å²) in [6.07, 6.45) is 3.13. The second-order valence-corrected chi connectivity index (χ2v) is 5.76. The SMILES string of the molecule is CCCc1nc(SCCCC(=O)c2ccc(F)cc2)n[nH]1. The number of aromatic nitrogens is 3. The largest absolute Gasteiger partial charge is 0.294 e. The molecule has 6 heteroatoms. The van der Waals surface area contributed by atoms with Gasteiger partial charge < -0.3 is 0 Å². The molecule has 1 aromatic carbocycles. The van der Waals surface area contributed by atoms with Gasteiger partial charge in [0.15, 0.2) is 5.78 Å². The topological polar surface area (TPSA) is 58.6 Å². The molecular weight excluding hydrogens is 289 g/mol. The number of hydrogen-bond acceptors (Lipinski definition) is 4. The summed E-state index contributed by atoms with van der Waals surface area (Å²) in [4.78, 5) is 16.2. The van der Waals surface area contributed by atoms with Crippen LogP contribution >= 0.6 is 11.8 Å². The fourth-order valence-electron chi connectivity index (χ4n) is 1.87. The first-order valence-corrected chi connectivity index (χ1v) is 8.00. The van der Waals surface area contributed by atoms with E-state index in [1.807, 2.05) is 0 Å². The summed E-state index contributed by atoms with van der Waals surface area (Å²) in [7, 11) is 0. The van der Waals surface area contributed by atoms with Gasteiger partial charge in [-0.2, -0.15) is 0 Å². The molecule has 4 nitrogen and oxygen atoms in total. The zero-order valence-corrected chi connectivity index (χ0v) is 12.8. The first-order valence-electron chi connectivity index (χ1n) is 7.02. The third-order valence-electron chi connectivity index (χ3n) is 2.94. The highest BCUT2D eigenvalue weighted by molar-refractivity contribution is 7.99. The van der Waals surface area contributed by atoms with Crippen LogP contribution in [0.15, 0.2) is 29.4 Å². The number of aromatic amines is 1. The van der Waals surface area contributed by atoms with Crippen LogP contribution < -0.4 is 0 Å². The first-order chi connectivity index (χ1) is 10.2. The van der Waals surface area contributed by atoms with E-state index in [9.17, 15) is 9.18 Å². The number of ketones is 1. The van der Waals surface area contributed by atoms with Crippen LogP contribution in [0.4, 0.5) is 4.39 Å². The monoisotopic (exact) mass is 307 g/mol. The van der Waals surface area contributed by atoms with Gasteiger partial charge in [-0.05, 0) is 37.1 Å². The molecule has 0 aliphatic carbocycles. The Bertz CT molecular complexity index is 583. The number of H-pyrrole nitrogens is 1. The minimum Gasteiger partial charge on any atom is -0.294 e. The van der Waals surface area contributed by atoms with Crippen molar-refractivity contribution >= 4 is 17.5 Å². The van der Waals surface area contributed by atoms with Crippen LogP contribution in [-0.2, 0) is 6.42 Å². The van der Waals surface area contributed by atoms with Gasteiger partial charge in [0.05, 0.1) is 0 Å². The molecule has 1 heterocycles. The summed E-state index contributed by atoms with van der Waals surface area (Å²) in [6, 6.07) is 5.67. The standard InChI is InChI=1S/C15H18FN3OS/c1-2-4-14-17-15(19-18-14)21-10-3-5-13(20)11-6-8-12(16)9-7-11/h6-9H,2-5,10H2,1H3,(H,17,18,19). The maximum absolute atomic E-state index is 12.8. The van der Waals surface area contributed by atoms with Crippen LogP contribution in [-0.4, -0.2) is 26.7 Å². The molecule has 112 valence electrons. The summed E-state index contributed by atoms with van der Waals surface area (Å²) in [5.41, 5.74) is 0.560. The quantitative estimate of drug-likeness (QED) is 0.459. The molecule has 21 heavy (non-hydrogen) atoms. The highest BCUT2D eigenvalue weighted by Gasteiger charge is 2.07. The molecule has 1 aromatic heterocycles. The number of thioether (sulfide) groups is 1. The van der Waals surface area contributed by atoms with Crippen molar-refractivity contribution in [3.8, 4) is 0 Å². The summed E-state index contributed by atoms with van der Waals surface area (Å²) >= 11 is 1.54. The Balaban J connectivity index is 1.71. The Hall–Kier alpha value is -1.69. The lowest BCUT2D eigenvalue weighted by molar-refractivity contribution is 0.0982. The minimum absolute atomic E-state index is 0.0391. The van der Waals surface area contributed by atoms with Crippen LogP contribution in [0.5, 0.6) is 0 Å². The van der Waals surface area contributed by atoms with Crippen molar-refractivity contribution in [2.24, 2.45) is 0 Å². The Morgan fingerprint density at radius 3 is 2.81 bits per heavy atom. The Morgan fingerprint density at radius 1 is 1.33 bits per heavy atom. The normalized spacial score (nSPS) is 10.8. The molecule has 0 fully saturated rings. The van der Waals surface area contributed by atoms with E-state index >= 15 is 0 Å². The Labute approximate surface area is 127 Å². The predicted octanol–water partition coefficient (Wildman–Crippen LogP) is 3.65. The molecule has 0 saturated heterocycles. The number of carbonyl (C=O) groups is 1. The predicted molar refractivity (Wildman–Crippen MR) is 81.1 cm³/mol. The van der Waals surface area contributed by atoms with Gasteiger partial charge in [-0.25, -0.2) is 9.37 Å². The molecule has 0 spiro atoms. The van der Waals surface area contributed by atoms with Gasteiger partial charge >= 0.3 is 0 Å². The molecule has 0 amide bonds. The molecule has 0 aliphatic heterocycles. The van der Waals surface area contributed by atoms with Gasteiger partial charge in [-0.3, -0.25) is 9.89 Å². The van der Waals surface area contributed by atoms with Gasteiger partial charge in [-0.1, -0.05) is 18.7 Å². The van der Waals surface area contributed by atoms with Crippen molar-refractivity contribution in [3.63, 3.8) is 0 Å². The number of Topliss-reactive ketones (excluding diaryl/α,β-unsaturated/α-hetero) is 1. The van der Waals surface area contributed by atoms with Crippen molar-refractivity contribution in [3.05, 3.63) is 41.5 Å². The molecule has 2 rings (SSSR count). The molecule has 0 atom stereocenters. The van der Waals surface area contributed by atoms with Gasteiger partial charge in [0.2, 0.25) is 5.16 Å². The second kappa shape index (κ2) is 7.93. The Kier molecular flexibility index (Phi) is 5.92. The number of nitrogens with one attached hydrogen (secondary N) is 1. The fraction of sp³-hybridized carbons (Fsp3) is 0.400. The molecule has 0 bridgehead atoms. The zero-order valence-electron chi connectivity index (χ0n) is 11.9. The first kappa shape index (κ1) is 15.7. The second-order valence-electron chi connectivity index (χ2n) is 4.70. The van der Waals surface area contributed by atoms with Crippen molar-refractivity contribution in [2.75, 3.05) is 5.75 Å². The summed E-state index contributed by atoms with van der Waals surface area (Å²) in [5, 5.41) is 7.75. The highest BCUT2D eigenvalue weighted by atomic mass is 32.2. The smallest absolute Gasteiger partial charge is 0.208 e. The fourth-order valence-corrected chi connectivity index (χ4v) is 2.62. The maximum atomic E-state index is 12.8. The summed E-state index contributed by atoms with van der Waals surface area (Å²) < 4.78 is 12.8. The van der Waals surface area contributed by atoms with Gasteiger partial charge in [0.1, 0.15) is 11.6 Å². The number of halogens is 1. The zero-order chi connectivity index (χ0) is 15.1. The average Bonchev–Trinajstić information content (AvgIpc) is 2.92. The lowest BCUT2D eigenvalue weighted by Crippen LogP contribution is -1.99. The van der Waals surface area contributed by atoms with E-state index in [-0.39, 0.29) is 11.6 Å². The van der Waals surface area contributed by atoms with Crippen molar-refractivity contribution in [1.82, 2.24) is 15.2 Å². The van der Waals surface area contributed by atoms with Gasteiger partial charge in [0, 0.05) is 24.2 Å². The number of rotatable bonds is 8. The number of carbonyl (C=O) groups excluding carboxylic acids is 1. The van der Waals surface area contributed by atoms with Gasteiger partial charge in [-0.15, -0.1) is 5.10 Å². The summed E-state index contributed by atoms with van der Waals surface area (Å²) in [5.74, 6) is 1.41.